The molecule has 3 aromatic heterocycles. The molecule has 11 heteroatoms. The molecule has 0 fully saturated rings. The summed E-state index contributed by atoms with van der Waals surface area (Å²) in [5.74, 6) is 1.45. The molecule has 0 saturated carbocycles. The second-order valence-corrected chi connectivity index (χ2v) is 8.68. The number of aromatic amines is 1. The molecule has 1 aliphatic heterocycles. The van der Waals surface area contributed by atoms with Gasteiger partial charge in [-0.3, -0.25) is 9.36 Å². The number of anilines is 1. The molecule has 1 atom stereocenters. The van der Waals surface area contributed by atoms with E-state index < -0.39 is 0 Å². The summed E-state index contributed by atoms with van der Waals surface area (Å²) in [5, 5.41) is 15.0. The van der Waals surface area contributed by atoms with Crippen LogP contribution in [0.1, 0.15) is 24.1 Å². The van der Waals surface area contributed by atoms with Crippen LogP contribution in [0.3, 0.4) is 0 Å². The number of benzene rings is 2. The van der Waals surface area contributed by atoms with E-state index in [9.17, 15) is 4.79 Å². The molecule has 4 heterocycles. The maximum atomic E-state index is 13.3. The van der Waals surface area contributed by atoms with Crippen LogP contribution in [0.2, 0.25) is 5.02 Å². The van der Waals surface area contributed by atoms with Gasteiger partial charge in [-0.15, -0.1) is 5.10 Å². The van der Waals surface area contributed by atoms with Crippen molar-refractivity contribution in [3.63, 3.8) is 0 Å². The minimum absolute atomic E-state index is 0.147. The molecular formula is C24H20ClN9O. The molecular weight excluding hydrogens is 466 g/mol. The van der Waals surface area contributed by atoms with E-state index in [1.807, 2.05) is 31.3 Å². The maximum Gasteiger partial charge on any atom is 0.254 e. The highest BCUT2D eigenvalue weighted by Gasteiger charge is 2.29. The largest absolute Gasteiger partial charge is 0.388 e. The van der Waals surface area contributed by atoms with Crippen molar-refractivity contribution >= 4 is 17.3 Å². The molecule has 2 N–H and O–H groups in total. The number of imidazole rings is 1. The van der Waals surface area contributed by atoms with Gasteiger partial charge in [-0.25, -0.2) is 9.97 Å². The lowest BCUT2D eigenvalue weighted by Crippen LogP contribution is -2.25. The van der Waals surface area contributed by atoms with Gasteiger partial charge in [0.1, 0.15) is 18.0 Å². The Morgan fingerprint density at radius 2 is 2.00 bits per heavy atom. The maximum absolute atomic E-state index is 13.3. The molecule has 5 aromatic rings. The molecule has 1 aliphatic rings. The molecule has 35 heavy (non-hydrogen) atoms. The van der Waals surface area contributed by atoms with Gasteiger partial charge in [0.05, 0.1) is 29.3 Å². The van der Waals surface area contributed by atoms with Crippen molar-refractivity contribution in [2.24, 2.45) is 0 Å². The third-order valence-electron chi connectivity index (χ3n) is 6.20. The molecule has 0 spiro atoms. The van der Waals surface area contributed by atoms with Gasteiger partial charge >= 0.3 is 0 Å². The van der Waals surface area contributed by atoms with E-state index in [-0.39, 0.29) is 11.6 Å². The van der Waals surface area contributed by atoms with Crippen molar-refractivity contribution < 1.29 is 0 Å². The van der Waals surface area contributed by atoms with Gasteiger partial charge in [0, 0.05) is 35.8 Å². The summed E-state index contributed by atoms with van der Waals surface area (Å²) in [7, 11) is 1.89. The second kappa shape index (κ2) is 8.48. The lowest BCUT2D eigenvalue weighted by molar-refractivity contribution is 0.568. The van der Waals surface area contributed by atoms with E-state index in [1.165, 1.54) is 17.1 Å². The van der Waals surface area contributed by atoms with Crippen molar-refractivity contribution in [1.29, 1.82) is 0 Å². The lowest BCUT2D eigenvalue weighted by Gasteiger charge is -2.14. The minimum atomic E-state index is -0.206. The number of nitrogens with zero attached hydrogens (tertiary/aromatic N) is 7. The highest BCUT2D eigenvalue weighted by molar-refractivity contribution is 6.31. The first-order valence-corrected chi connectivity index (χ1v) is 11.5. The quantitative estimate of drug-likeness (QED) is 0.391. The Balaban J connectivity index is 1.37. The number of hydrogen-bond donors (Lipinski definition) is 2. The van der Waals surface area contributed by atoms with E-state index in [0.29, 0.717) is 34.2 Å². The van der Waals surface area contributed by atoms with E-state index in [2.05, 4.69) is 30.8 Å². The molecule has 174 valence electrons. The number of hydrogen-bond acceptors (Lipinski definition) is 7. The van der Waals surface area contributed by atoms with E-state index >= 15 is 0 Å². The van der Waals surface area contributed by atoms with E-state index in [4.69, 9.17) is 16.6 Å². The molecule has 6 rings (SSSR count). The van der Waals surface area contributed by atoms with Gasteiger partial charge in [-0.05, 0) is 52.7 Å². The van der Waals surface area contributed by atoms with Crippen molar-refractivity contribution in [1.82, 2.24) is 39.7 Å². The van der Waals surface area contributed by atoms with Crippen molar-refractivity contribution in [2.45, 2.75) is 18.9 Å². The van der Waals surface area contributed by atoms with Crippen LogP contribution in [0.5, 0.6) is 0 Å². The number of aromatic nitrogens is 8. The summed E-state index contributed by atoms with van der Waals surface area (Å²) in [6.07, 6.45) is 4.68. The van der Waals surface area contributed by atoms with Crippen molar-refractivity contribution in [3.05, 3.63) is 88.1 Å². The normalized spacial score (nSPS) is 14.7. The summed E-state index contributed by atoms with van der Waals surface area (Å²) in [6, 6.07) is 14.7. The standard InChI is InChI=1S/C24H20ClN9O/c1-26-16-5-2-14(3-6-16)19-12-27-24(30-19)21-8-9-22-29-18(11-23(35)34(21)22)17-10-15(25)4-7-20(17)33-13-28-31-32-33/h2-7,10-13,21,26H,8-9H2,1H3,(H,27,30). The SMILES string of the molecule is CNc1ccc(-c2cnc(C3CCc4nc(-c5cc(Cl)ccc5-n5cnnn5)cc(=O)n43)[nH]2)cc1. The molecule has 0 radical (unpaired) electrons. The first-order chi connectivity index (χ1) is 17.1. The van der Waals surface area contributed by atoms with Crippen molar-refractivity contribution in [3.8, 4) is 28.2 Å². The van der Waals surface area contributed by atoms with E-state index in [0.717, 1.165) is 29.2 Å². The molecule has 0 bridgehead atoms. The van der Waals surface area contributed by atoms with Crippen molar-refractivity contribution in [2.75, 3.05) is 12.4 Å². The van der Waals surface area contributed by atoms with Gasteiger partial charge in [-0.1, -0.05) is 23.7 Å². The number of halogens is 1. The topological polar surface area (TPSA) is 119 Å². The zero-order valence-corrected chi connectivity index (χ0v) is 19.4. The predicted octanol–water partition coefficient (Wildman–Crippen LogP) is 3.51. The minimum Gasteiger partial charge on any atom is -0.388 e. The van der Waals surface area contributed by atoms with Crippen LogP contribution < -0.4 is 10.9 Å². The zero-order valence-electron chi connectivity index (χ0n) is 18.7. The van der Waals surface area contributed by atoms with Crippen LogP contribution >= 0.6 is 11.6 Å². The van der Waals surface area contributed by atoms with Crippen LogP contribution in [-0.2, 0) is 6.42 Å². The van der Waals surface area contributed by atoms with Gasteiger partial charge in [0.25, 0.3) is 5.56 Å². The summed E-state index contributed by atoms with van der Waals surface area (Å²) in [5.41, 5.74) is 4.71. The van der Waals surface area contributed by atoms with Crippen LogP contribution in [0.4, 0.5) is 5.69 Å². The number of rotatable bonds is 5. The predicted molar refractivity (Wildman–Crippen MR) is 132 cm³/mol. The Morgan fingerprint density at radius 1 is 1.14 bits per heavy atom. The average molecular weight is 486 g/mol. The fourth-order valence-electron chi connectivity index (χ4n) is 4.49. The number of nitrogens with one attached hydrogen (secondary N) is 2. The van der Waals surface area contributed by atoms with Gasteiger partial charge in [0.2, 0.25) is 0 Å². The molecule has 1 unspecified atom stereocenters. The first kappa shape index (κ1) is 21.2. The van der Waals surface area contributed by atoms with Crippen LogP contribution in [0, 0.1) is 0 Å². The third kappa shape index (κ3) is 3.77. The fraction of sp³-hybridized carbons (Fsp3) is 0.167. The van der Waals surface area contributed by atoms with Gasteiger partial charge in [0.15, 0.2) is 0 Å². The molecule has 0 amide bonds. The molecule has 0 aliphatic carbocycles. The summed E-state index contributed by atoms with van der Waals surface area (Å²) < 4.78 is 3.24. The third-order valence-corrected chi connectivity index (χ3v) is 6.44. The number of tetrazole rings is 1. The Kier molecular flexibility index (Phi) is 5.14. The Morgan fingerprint density at radius 3 is 2.77 bits per heavy atom. The Hall–Kier alpha value is -4.31. The van der Waals surface area contributed by atoms with Crippen LogP contribution in [0.15, 0.2) is 65.8 Å². The van der Waals surface area contributed by atoms with Crippen LogP contribution in [0.25, 0.3) is 28.2 Å². The molecule has 2 aromatic carbocycles. The van der Waals surface area contributed by atoms with Gasteiger partial charge < -0.3 is 10.3 Å². The Labute approximate surface area is 204 Å². The summed E-state index contributed by atoms with van der Waals surface area (Å²) >= 11 is 6.27. The highest BCUT2D eigenvalue weighted by Crippen LogP contribution is 2.32. The zero-order chi connectivity index (χ0) is 23.9. The smallest absolute Gasteiger partial charge is 0.254 e. The first-order valence-electron chi connectivity index (χ1n) is 11.1. The monoisotopic (exact) mass is 485 g/mol. The number of fused-ring (bicyclic) bond motifs is 1. The lowest BCUT2D eigenvalue weighted by atomic mass is 10.1. The van der Waals surface area contributed by atoms with Gasteiger partial charge in [-0.2, -0.15) is 4.68 Å². The molecule has 10 nitrogen and oxygen atoms in total. The van der Waals surface area contributed by atoms with Crippen LogP contribution in [-0.4, -0.2) is 46.8 Å². The fourth-order valence-corrected chi connectivity index (χ4v) is 4.67. The second-order valence-electron chi connectivity index (χ2n) is 8.25. The average Bonchev–Trinajstić information content (AvgIpc) is 3.65. The summed E-state index contributed by atoms with van der Waals surface area (Å²) in [6.45, 7) is 0. The number of aryl methyl sites for hydroxylation is 1. The summed E-state index contributed by atoms with van der Waals surface area (Å²) in [4.78, 5) is 26.1. The Bertz CT molecular complexity index is 1570. The molecule has 0 saturated heterocycles. The highest BCUT2D eigenvalue weighted by atomic mass is 35.5. The number of H-pyrrole nitrogens is 1. The van der Waals surface area contributed by atoms with E-state index in [1.54, 1.807) is 29.0 Å².